The molecular formula is C19H17ClN2O4. The number of aliphatic hydroxyl groups is 1. The van der Waals surface area contributed by atoms with E-state index in [9.17, 15) is 10.4 Å². The molecule has 0 fully saturated rings. The normalized spacial score (nSPS) is 28.3. The van der Waals surface area contributed by atoms with E-state index in [2.05, 4.69) is 11.2 Å². The van der Waals surface area contributed by atoms with Crippen LogP contribution in [0.15, 0.2) is 46.3 Å². The van der Waals surface area contributed by atoms with Crippen molar-refractivity contribution >= 4 is 17.5 Å². The molecule has 0 saturated carbocycles. The second kappa shape index (κ2) is 6.04. The van der Waals surface area contributed by atoms with Crippen molar-refractivity contribution in [2.45, 2.75) is 38.1 Å². The first-order valence-corrected chi connectivity index (χ1v) is 8.66. The van der Waals surface area contributed by atoms with Gasteiger partial charge < -0.3 is 19.4 Å². The fourth-order valence-electron chi connectivity index (χ4n) is 3.29. The Morgan fingerprint density at radius 2 is 2.19 bits per heavy atom. The number of hydrogen-bond donors (Lipinski definition) is 1. The van der Waals surface area contributed by atoms with E-state index in [4.69, 9.17) is 25.9 Å². The van der Waals surface area contributed by atoms with Crippen molar-refractivity contribution in [3.63, 3.8) is 0 Å². The molecule has 1 unspecified atom stereocenters. The number of aliphatic hydroxyl groups excluding tert-OH is 1. The zero-order chi connectivity index (χ0) is 18.5. The summed E-state index contributed by atoms with van der Waals surface area (Å²) in [5, 5.41) is 24.7. The summed E-state index contributed by atoms with van der Waals surface area (Å²) in [6, 6.07) is 7.15. The summed E-state index contributed by atoms with van der Waals surface area (Å²) in [7, 11) is 0. The van der Waals surface area contributed by atoms with Gasteiger partial charge in [-0.25, -0.2) is 0 Å². The molecule has 3 aliphatic rings. The zero-order valence-corrected chi connectivity index (χ0v) is 15.0. The summed E-state index contributed by atoms with van der Waals surface area (Å²) in [4.78, 5) is 5.34. The van der Waals surface area contributed by atoms with Crippen molar-refractivity contribution < 1.29 is 19.4 Å². The third-order valence-electron chi connectivity index (χ3n) is 4.78. The lowest BCUT2D eigenvalue weighted by molar-refractivity contribution is -0.108. The number of oxime groups is 1. The number of allylic oxidation sites excluding steroid dienone is 3. The highest BCUT2D eigenvalue weighted by molar-refractivity contribution is 6.30. The number of benzene rings is 1. The van der Waals surface area contributed by atoms with Crippen LogP contribution in [-0.4, -0.2) is 22.7 Å². The first-order chi connectivity index (χ1) is 12.4. The number of nitrogens with zero attached hydrogens (tertiary/aromatic N) is 2. The summed E-state index contributed by atoms with van der Waals surface area (Å²) < 4.78 is 12.0. The summed E-state index contributed by atoms with van der Waals surface area (Å²) in [5.41, 5.74) is 0.199. The zero-order valence-electron chi connectivity index (χ0n) is 14.3. The Hall–Kier alpha value is -2.49. The molecule has 1 aromatic carbocycles. The van der Waals surface area contributed by atoms with Gasteiger partial charge in [0.1, 0.15) is 29.1 Å². The summed E-state index contributed by atoms with van der Waals surface area (Å²) in [5.74, 6) is 1.38. The van der Waals surface area contributed by atoms with Crippen molar-refractivity contribution in [3.05, 3.63) is 52.3 Å². The molecule has 0 radical (unpaired) electrons. The quantitative estimate of drug-likeness (QED) is 0.815. The summed E-state index contributed by atoms with van der Waals surface area (Å²) >= 11 is 6.13. The molecule has 26 heavy (non-hydrogen) atoms. The second-order valence-electron chi connectivity index (χ2n) is 7.01. The maximum Gasteiger partial charge on any atom is 0.238 e. The van der Waals surface area contributed by atoms with Gasteiger partial charge in [-0.15, -0.1) is 0 Å². The van der Waals surface area contributed by atoms with Crippen LogP contribution >= 0.6 is 11.6 Å². The van der Waals surface area contributed by atoms with E-state index in [-0.39, 0.29) is 5.92 Å². The first kappa shape index (κ1) is 17.0. The minimum Gasteiger partial charge on any atom is -0.485 e. The van der Waals surface area contributed by atoms with Gasteiger partial charge in [0, 0.05) is 17.0 Å². The van der Waals surface area contributed by atoms with Crippen LogP contribution in [0.1, 0.15) is 37.5 Å². The molecule has 6 nitrogen and oxygen atoms in total. The van der Waals surface area contributed by atoms with Gasteiger partial charge in [0.15, 0.2) is 6.10 Å². The first-order valence-electron chi connectivity index (χ1n) is 8.28. The fraction of sp³-hybridized carbons (Fsp3) is 0.368. The average molecular weight is 373 g/mol. The molecule has 2 heterocycles. The minimum atomic E-state index is -0.964. The van der Waals surface area contributed by atoms with Gasteiger partial charge in [-0.2, -0.15) is 5.26 Å². The molecule has 0 spiro atoms. The highest BCUT2D eigenvalue weighted by Crippen LogP contribution is 2.44. The van der Waals surface area contributed by atoms with Crippen LogP contribution in [0.25, 0.3) is 0 Å². The predicted molar refractivity (Wildman–Crippen MR) is 94.3 cm³/mol. The van der Waals surface area contributed by atoms with Gasteiger partial charge >= 0.3 is 0 Å². The molecule has 0 saturated heterocycles. The lowest BCUT2D eigenvalue weighted by Gasteiger charge is -2.41. The smallest absolute Gasteiger partial charge is 0.238 e. The van der Waals surface area contributed by atoms with Crippen LogP contribution in [0.3, 0.4) is 0 Å². The van der Waals surface area contributed by atoms with E-state index >= 15 is 0 Å². The number of halogens is 1. The molecule has 3 atom stereocenters. The topological polar surface area (TPSA) is 84.1 Å². The van der Waals surface area contributed by atoms with Crippen LogP contribution in [0.2, 0.25) is 0 Å². The van der Waals surface area contributed by atoms with Gasteiger partial charge in [-0.1, -0.05) is 11.6 Å². The number of rotatable bonds is 1. The Morgan fingerprint density at radius 3 is 2.96 bits per heavy atom. The molecule has 0 amide bonds. The minimum absolute atomic E-state index is 0.215. The molecule has 1 N–H and O–H groups in total. The van der Waals surface area contributed by atoms with Crippen molar-refractivity contribution in [1.29, 1.82) is 5.26 Å². The van der Waals surface area contributed by atoms with Crippen molar-refractivity contribution in [3.8, 4) is 11.8 Å². The van der Waals surface area contributed by atoms with Crippen LogP contribution < -0.4 is 4.74 Å². The van der Waals surface area contributed by atoms with Crippen LogP contribution in [0.4, 0.5) is 0 Å². The Balaban J connectivity index is 1.69. The van der Waals surface area contributed by atoms with Crippen molar-refractivity contribution in [2.75, 3.05) is 0 Å². The molecule has 2 aliphatic heterocycles. The molecular weight excluding hydrogens is 356 g/mol. The van der Waals surface area contributed by atoms with E-state index in [0.717, 1.165) is 0 Å². The number of ether oxygens (including phenoxy) is 2. The summed E-state index contributed by atoms with van der Waals surface area (Å²) in [6.07, 6.45) is 2.36. The Labute approximate surface area is 155 Å². The third kappa shape index (κ3) is 2.74. The van der Waals surface area contributed by atoms with Gasteiger partial charge in [0.05, 0.1) is 11.6 Å². The van der Waals surface area contributed by atoms with Crippen molar-refractivity contribution in [2.24, 2.45) is 11.1 Å². The Bertz CT molecular complexity index is 897. The fourth-order valence-corrected chi connectivity index (χ4v) is 3.51. The number of fused-ring (bicyclic) bond motifs is 2. The molecule has 0 bridgehead atoms. The van der Waals surface area contributed by atoms with E-state index in [1.165, 1.54) is 0 Å². The predicted octanol–water partition coefficient (Wildman–Crippen LogP) is 3.52. The number of hydrogen-bond acceptors (Lipinski definition) is 6. The molecule has 4 rings (SSSR count). The lowest BCUT2D eigenvalue weighted by atomic mass is 9.87. The van der Waals surface area contributed by atoms with E-state index < -0.39 is 17.8 Å². The molecule has 1 aliphatic carbocycles. The standard InChI is InChI=1S/C19H17ClN2O4/c1-19(2)17(23)16(12-7-10(9-21)3-5-14(12)25-19)24-18-13-8-11(20)4-6-15(13)26-22-18/h3-7,13,16-17,23H,8H2,1-2H3/t13?,16-,17+/m1/s1. The maximum absolute atomic E-state index is 10.8. The van der Waals surface area contributed by atoms with Crippen LogP contribution in [0, 0.1) is 17.2 Å². The van der Waals surface area contributed by atoms with E-state index in [0.29, 0.717) is 40.0 Å². The Morgan fingerprint density at radius 1 is 1.38 bits per heavy atom. The van der Waals surface area contributed by atoms with Gasteiger partial charge in [0.2, 0.25) is 5.90 Å². The summed E-state index contributed by atoms with van der Waals surface area (Å²) in [6.45, 7) is 3.57. The second-order valence-corrected chi connectivity index (χ2v) is 7.50. The largest absolute Gasteiger partial charge is 0.485 e. The Kier molecular flexibility index (Phi) is 3.94. The van der Waals surface area contributed by atoms with Gasteiger partial charge in [-0.3, -0.25) is 0 Å². The highest BCUT2D eigenvalue weighted by Gasteiger charge is 2.46. The lowest BCUT2D eigenvalue weighted by Crippen LogP contribution is -2.50. The van der Waals surface area contributed by atoms with Crippen molar-refractivity contribution in [1.82, 2.24) is 0 Å². The van der Waals surface area contributed by atoms with Crippen LogP contribution in [0.5, 0.6) is 5.75 Å². The number of nitriles is 1. The highest BCUT2D eigenvalue weighted by atomic mass is 35.5. The average Bonchev–Trinajstić information content (AvgIpc) is 3.00. The van der Waals surface area contributed by atoms with Gasteiger partial charge in [-0.05, 0) is 49.4 Å². The SMILES string of the molecule is CC1(C)Oc2ccc(C#N)cc2[C@@H](OC2=NOC3=CC=C(Cl)CC32)[C@@H]1O. The molecule has 0 aromatic heterocycles. The third-order valence-corrected chi connectivity index (χ3v) is 5.06. The van der Waals surface area contributed by atoms with E-state index in [1.54, 1.807) is 44.2 Å². The molecule has 7 heteroatoms. The monoisotopic (exact) mass is 372 g/mol. The molecule has 1 aromatic rings. The maximum atomic E-state index is 10.8. The van der Waals surface area contributed by atoms with E-state index in [1.807, 2.05) is 0 Å². The van der Waals surface area contributed by atoms with Gasteiger partial charge in [0.25, 0.3) is 0 Å². The van der Waals surface area contributed by atoms with Crippen LogP contribution in [-0.2, 0) is 9.57 Å². The molecule has 134 valence electrons.